The molecule has 2 rings (SSSR count). The fourth-order valence-electron chi connectivity index (χ4n) is 2.99. The van der Waals surface area contributed by atoms with Crippen molar-refractivity contribution in [1.29, 1.82) is 0 Å². The molecule has 0 aliphatic carbocycles. The number of aliphatic hydroxyl groups excluding tert-OH is 2. The van der Waals surface area contributed by atoms with Gasteiger partial charge in [-0.3, -0.25) is 10.1 Å². The van der Waals surface area contributed by atoms with Crippen LogP contribution in [-0.2, 0) is 9.47 Å². The summed E-state index contributed by atoms with van der Waals surface area (Å²) in [6, 6.07) is 13.4. The number of nitrogens with one attached hydrogen (secondary N) is 1. The number of ether oxygens (including phenoxy) is 3. The molecule has 0 saturated carbocycles. The molecule has 8 nitrogen and oxygen atoms in total. The van der Waals surface area contributed by atoms with Gasteiger partial charge in [0.15, 0.2) is 11.9 Å². The summed E-state index contributed by atoms with van der Waals surface area (Å²) in [5.41, 5.74) is 1.70. The number of Topliss-reactive ketones (excluding diaryl/α,β-unsaturated/α-hetero) is 1. The third kappa shape index (κ3) is 7.67. The van der Waals surface area contributed by atoms with E-state index in [0.717, 1.165) is 0 Å². The van der Waals surface area contributed by atoms with Crippen molar-refractivity contribution in [3.05, 3.63) is 59.7 Å². The molecule has 0 aromatic heterocycles. The van der Waals surface area contributed by atoms with Crippen molar-refractivity contribution in [3.63, 3.8) is 0 Å². The van der Waals surface area contributed by atoms with Gasteiger partial charge in [0.2, 0.25) is 0 Å². The summed E-state index contributed by atoms with van der Waals surface area (Å²) in [4.78, 5) is 24.0. The zero-order valence-electron chi connectivity index (χ0n) is 17.7. The molecule has 1 amide bonds. The molecule has 31 heavy (non-hydrogen) atoms. The highest BCUT2D eigenvalue weighted by Crippen LogP contribution is 2.28. The summed E-state index contributed by atoms with van der Waals surface area (Å²) in [5.74, 6) is 0.505. The minimum Gasteiger partial charge on any atom is -0.491 e. The Kier molecular flexibility index (Phi) is 9.96. The van der Waals surface area contributed by atoms with Gasteiger partial charge in [-0.2, -0.15) is 0 Å². The SMILES string of the molecule is CCO[C@H](CCO)[C@H](OC(=O)Nc1ccc(C(C)=O)cc1)c1ccc(OCCO)cc1. The third-order valence-corrected chi connectivity index (χ3v) is 4.47. The second-order valence-electron chi connectivity index (χ2n) is 6.73. The van der Waals surface area contributed by atoms with Crippen molar-refractivity contribution in [2.75, 3.05) is 31.7 Å². The van der Waals surface area contributed by atoms with Crippen LogP contribution in [0.15, 0.2) is 48.5 Å². The Morgan fingerprint density at radius 3 is 2.23 bits per heavy atom. The molecule has 0 heterocycles. The van der Waals surface area contributed by atoms with Crippen molar-refractivity contribution >= 4 is 17.6 Å². The molecule has 0 spiro atoms. The standard InChI is InChI=1S/C23H29NO7/c1-3-29-21(12-13-25)22(18-6-10-20(11-7-18)30-15-14-26)31-23(28)24-19-8-4-17(5-9-19)16(2)27/h4-11,21-22,25-26H,3,12-15H2,1-2H3,(H,24,28)/t21-,22-/m1/s1. The molecule has 0 bridgehead atoms. The summed E-state index contributed by atoms with van der Waals surface area (Å²) < 4.78 is 16.8. The second kappa shape index (κ2) is 12.7. The molecule has 8 heteroatoms. The maximum absolute atomic E-state index is 12.6. The second-order valence-corrected chi connectivity index (χ2v) is 6.73. The number of anilines is 1. The average Bonchev–Trinajstić information content (AvgIpc) is 2.77. The van der Waals surface area contributed by atoms with E-state index in [-0.39, 0.29) is 32.0 Å². The van der Waals surface area contributed by atoms with Gasteiger partial charge < -0.3 is 24.4 Å². The van der Waals surface area contributed by atoms with Crippen LogP contribution >= 0.6 is 0 Å². The van der Waals surface area contributed by atoms with Gasteiger partial charge in [-0.15, -0.1) is 0 Å². The van der Waals surface area contributed by atoms with E-state index in [2.05, 4.69) is 5.32 Å². The first-order valence-electron chi connectivity index (χ1n) is 10.1. The van der Waals surface area contributed by atoms with Gasteiger partial charge in [-0.1, -0.05) is 12.1 Å². The van der Waals surface area contributed by atoms with Crippen LogP contribution in [0.2, 0.25) is 0 Å². The lowest BCUT2D eigenvalue weighted by atomic mass is 10.0. The van der Waals surface area contributed by atoms with Crippen LogP contribution in [0, 0.1) is 0 Å². The lowest BCUT2D eigenvalue weighted by molar-refractivity contribution is -0.0484. The smallest absolute Gasteiger partial charge is 0.412 e. The molecule has 0 aliphatic heterocycles. The molecule has 2 aromatic carbocycles. The quantitative estimate of drug-likeness (QED) is 0.442. The van der Waals surface area contributed by atoms with E-state index < -0.39 is 18.3 Å². The molecule has 2 aromatic rings. The molecular weight excluding hydrogens is 402 g/mol. The van der Waals surface area contributed by atoms with Crippen LogP contribution in [0.1, 0.15) is 42.3 Å². The lowest BCUT2D eigenvalue weighted by Gasteiger charge is -2.27. The molecule has 2 atom stereocenters. The van der Waals surface area contributed by atoms with Crippen LogP contribution in [0.25, 0.3) is 0 Å². The molecule has 3 N–H and O–H groups in total. The van der Waals surface area contributed by atoms with Gasteiger partial charge in [-0.05, 0) is 55.8 Å². The van der Waals surface area contributed by atoms with Crippen molar-refractivity contribution in [3.8, 4) is 5.75 Å². The van der Waals surface area contributed by atoms with Crippen molar-refractivity contribution < 1.29 is 34.0 Å². The Morgan fingerprint density at radius 2 is 1.68 bits per heavy atom. The molecule has 0 aliphatic rings. The predicted octanol–water partition coefficient (Wildman–Crippen LogP) is 3.34. The van der Waals surface area contributed by atoms with Gasteiger partial charge in [0.1, 0.15) is 18.5 Å². The van der Waals surface area contributed by atoms with Crippen LogP contribution in [0.5, 0.6) is 5.75 Å². The Balaban J connectivity index is 2.17. The number of hydrogen-bond donors (Lipinski definition) is 3. The van der Waals surface area contributed by atoms with Gasteiger partial charge in [0.05, 0.1) is 6.61 Å². The predicted molar refractivity (Wildman–Crippen MR) is 115 cm³/mol. The Morgan fingerprint density at radius 1 is 1.00 bits per heavy atom. The van der Waals surface area contributed by atoms with Crippen LogP contribution < -0.4 is 10.1 Å². The highest BCUT2D eigenvalue weighted by Gasteiger charge is 2.27. The van der Waals surface area contributed by atoms with E-state index >= 15 is 0 Å². The third-order valence-electron chi connectivity index (χ3n) is 4.47. The Labute approximate surface area is 181 Å². The number of amides is 1. The lowest BCUT2D eigenvalue weighted by Crippen LogP contribution is -2.29. The van der Waals surface area contributed by atoms with Crippen molar-refractivity contribution in [2.45, 2.75) is 32.5 Å². The highest BCUT2D eigenvalue weighted by molar-refractivity contribution is 5.95. The van der Waals surface area contributed by atoms with Crippen LogP contribution in [-0.4, -0.2) is 54.6 Å². The average molecular weight is 431 g/mol. The van der Waals surface area contributed by atoms with E-state index in [1.807, 2.05) is 6.92 Å². The molecular formula is C23H29NO7. The van der Waals surface area contributed by atoms with Gasteiger partial charge in [-0.25, -0.2) is 4.79 Å². The first-order valence-corrected chi connectivity index (χ1v) is 10.1. The molecule has 0 saturated heterocycles. The molecule has 168 valence electrons. The number of hydrogen-bond acceptors (Lipinski definition) is 7. The summed E-state index contributed by atoms with van der Waals surface area (Å²) >= 11 is 0. The monoisotopic (exact) mass is 431 g/mol. The number of aliphatic hydroxyl groups is 2. The minimum atomic E-state index is -0.768. The maximum Gasteiger partial charge on any atom is 0.412 e. The topological polar surface area (TPSA) is 114 Å². The summed E-state index contributed by atoms with van der Waals surface area (Å²) in [6.07, 6.45) is -1.73. The number of carbonyl (C=O) groups excluding carboxylic acids is 2. The van der Waals surface area contributed by atoms with Crippen LogP contribution in [0.3, 0.4) is 0 Å². The number of ketones is 1. The highest BCUT2D eigenvalue weighted by atomic mass is 16.6. The number of rotatable bonds is 12. The van der Waals surface area contributed by atoms with Crippen molar-refractivity contribution in [2.24, 2.45) is 0 Å². The van der Waals surface area contributed by atoms with Crippen molar-refractivity contribution in [1.82, 2.24) is 0 Å². The molecule has 0 unspecified atom stereocenters. The Hall–Kier alpha value is -2.94. The number of carbonyl (C=O) groups is 2. The van der Waals surface area contributed by atoms with E-state index in [9.17, 15) is 14.7 Å². The first-order chi connectivity index (χ1) is 15.0. The fourth-order valence-corrected chi connectivity index (χ4v) is 2.99. The fraction of sp³-hybridized carbons (Fsp3) is 0.391. The number of benzene rings is 2. The Bertz CT molecular complexity index is 815. The van der Waals surface area contributed by atoms with Crippen LogP contribution in [0.4, 0.5) is 10.5 Å². The molecule has 0 radical (unpaired) electrons. The van der Waals surface area contributed by atoms with E-state index in [4.69, 9.17) is 19.3 Å². The maximum atomic E-state index is 12.6. The van der Waals surface area contributed by atoms with Gasteiger partial charge >= 0.3 is 6.09 Å². The first kappa shape index (κ1) is 24.3. The van der Waals surface area contributed by atoms with E-state index in [1.54, 1.807) is 48.5 Å². The molecule has 0 fully saturated rings. The van der Waals surface area contributed by atoms with E-state index in [0.29, 0.717) is 29.2 Å². The van der Waals surface area contributed by atoms with Gasteiger partial charge in [0.25, 0.3) is 0 Å². The minimum absolute atomic E-state index is 0.0656. The largest absolute Gasteiger partial charge is 0.491 e. The zero-order chi connectivity index (χ0) is 22.6. The van der Waals surface area contributed by atoms with Gasteiger partial charge in [0, 0.05) is 30.9 Å². The summed E-state index contributed by atoms with van der Waals surface area (Å²) in [5, 5.41) is 21.0. The summed E-state index contributed by atoms with van der Waals surface area (Å²) in [6.45, 7) is 3.63. The van der Waals surface area contributed by atoms with E-state index in [1.165, 1.54) is 6.92 Å². The normalized spacial score (nSPS) is 12.6. The zero-order valence-corrected chi connectivity index (χ0v) is 17.7. The summed E-state index contributed by atoms with van der Waals surface area (Å²) in [7, 11) is 0.